The molecule has 0 amide bonds. The molecule has 0 saturated heterocycles. The van der Waals surface area contributed by atoms with Crippen LogP contribution < -0.4 is 5.32 Å². The molecule has 76 valence electrons. The Morgan fingerprint density at radius 2 is 2.21 bits per heavy atom. The first-order valence-corrected chi connectivity index (χ1v) is 5.59. The SMILES string of the molecule is Cn1cc2c(n1)CCC(NC1CC1)C2. The molecule has 1 N–H and O–H groups in total. The molecule has 1 saturated carbocycles. The van der Waals surface area contributed by atoms with Gasteiger partial charge in [-0.3, -0.25) is 4.68 Å². The minimum atomic E-state index is 0.708. The maximum Gasteiger partial charge on any atom is 0.0657 e. The fraction of sp³-hybridized carbons (Fsp3) is 0.727. The molecule has 2 aliphatic rings. The van der Waals surface area contributed by atoms with Gasteiger partial charge in [0.05, 0.1) is 5.69 Å². The van der Waals surface area contributed by atoms with Crippen molar-refractivity contribution in [3.63, 3.8) is 0 Å². The van der Waals surface area contributed by atoms with Crippen LogP contribution in [0.4, 0.5) is 0 Å². The third kappa shape index (κ3) is 1.57. The smallest absolute Gasteiger partial charge is 0.0657 e. The number of nitrogens with one attached hydrogen (secondary N) is 1. The topological polar surface area (TPSA) is 29.9 Å². The Morgan fingerprint density at radius 1 is 1.36 bits per heavy atom. The van der Waals surface area contributed by atoms with Crippen molar-refractivity contribution in [3.05, 3.63) is 17.5 Å². The highest BCUT2D eigenvalue weighted by Crippen LogP contribution is 2.24. The van der Waals surface area contributed by atoms with Crippen molar-refractivity contribution in [2.75, 3.05) is 0 Å². The summed E-state index contributed by atoms with van der Waals surface area (Å²) < 4.78 is 1.95. The molecule has 3 heteroatoms. The van der Waals surface area contributed by atoms with E-state index in [4.69, 9.17) is 0 Å². The Morgan fingerprint density at radius 3 is 3.00 bits per heavy atom. The second kappa shape index (κ2) is 3.09. The van der Waals surface area contributed by atoms with Crippen molar-refractivity contribution in [1.29, 1.82) is 0 Å². The number of hydrogen-bond donors (Lipinski definition) is 1. The lowest BCUT2D eigenvalue weighted by atomic mass is 9.93. The van der Waals surface area contributed by atoms with Gasteiger partial charge < -0.3 is 5.32 Å². The van der Waals surface area contributed by atoms with Crippen LogP contribution in [0.25, 0.3) is 0 Å². The molecule has 3 nitrogen and oxygen atoms in total. The molecule has 1 aromatic rings. The highest BCUT2D eigenvalue weighted by atomic mass is 15.3. The molecular formula is C11H17N3. The van der Waals surface area contributed by atoms with Gasteiger partial charge in [-0.25, -0.2) is 0 Å². The maximum absolute atomic E-state index is 4.47. The molecule has 3 rings (SSSR count). The number of rotatable bonds is 2. The van der Waals surface area contributed by atoms with Crippen LogP contribution in [-0.2, 0) is 19.9 Å². The van der Waals surface area contributed by atoms with Gasteiger partial charge >= 0.3 is 0 Å². The lowest BCUT2D eigenvalue weighted by Gasteiger charge is -2.22. The van der Waals surface area contributed by atoms with Crippen molar-refractivity contribution in [2.45, 2.75) is 44.2 Å². The van der Waals surface area contributed by atoms with Crippen molar-refractivity contribution >= 4 is 0 Å². The molecule has 1 unspecified atom stereocenters. The Kier molecular flexibility index (Phi) is 1.87. The second-order valence-electron chi connectivity index (χ2n) is 4.66. The third-order valence-corrected chi connectivity index (χ3v) is 3.24. The first-order chi connectivity index (χ1) is 6.81. The van der Waals surface area contributed by atoms with Crippen molar-refractivity contribution < 1.29 is 0 Å². The van der Waals surface area contributed by atoms with Crippen LogP contribution in [0.2, 0.25) is 0 Å². The molecule has 2 aliphatic carbocycles. The number of aromatic nitrogens is 2. The summed E-state index contributed by atoms with van der Waals surface area (Å²) in [5.41, 5.74) is 2.78. The van der Waals surface area contributed by atoms with Crippen molar-refractivity contribution in [3.8, 4) is 0 Å². The maximum atomic E-state index is 4.47. The van der Waals surface area contributed by atoms with E-state index in [-0.39, 0.29) is 0 Å². The van der Waals surface area contributed by atoms with Crippen molar-refractivity contribution in [1.82, 2.24) is 15.1 Å². The van der Waals surface area contributed by atoms with E-state index < -0.39 is 0 Å². The number of aryl methyl sites for hydroxylation is 2. The zero-order chi connectivity index (χ0) is 9.54. The van der Waals surface area contributed by atoms with Gasteiger partial charge in [-0.05, 0) is 37.7 Å². The summed E-state index contributed by atoms with van der Waals surface area (Å²) in [5, 5.41) is 8.18. The minimum absolute atomic E-state index is 0.708. The molecule has 14 heavy (non-hydrogen) atoms. The predicted molar refractivity (Wildman–Crippen MR) is 55.2 cm³/mol. The van der Waals surface area contributed by atoms with Crippen LogP contribution in [0.1, 0.15) is 30.5 Å². The lowest BCUT2D eigenvalue weighted by Crippen LogP contribution is -2.35. The van der Waals surface area contributed by atoms with Crippen LogP contribution in [0.3, 0.4) is 0 Å². The van der Waals surface area contributed by atoms with Crippen LogP contribution in [0.15, 0.2) is 6.20 Å². The average Bonchev–Trinajstić information content (AvgIpc) is 2.86. The summed E-state index contributed by atoms with van der Waals surface area (Å²) in [5.74, 6) is 0. The number of hydrogen-bond acceptors (Lipinski definition) is 2. The molecule has 0 bridgehead atoms. The largest absolute Gasteiger partial charge is 0.311 e. The van der Waals surface area contributed by atoms with Crippen LogP contribution in [0, 0.1) is 0 Å². The van der Waals surface area contributed by atoms with E-state index in [1.807, 2.05) is 11.7 Å². The normalized spacial score (nSPS) is 26.2. The van der Waals surface area contributed by atoms with E-state index >= 15 is 0 Å². The summed E-state index contributed by atoms with van der Waals surface area (Å²) >= 11 is 0. The van der Waals surface area contributed by atoms with E-state index in [9.17, 15) is 0 Å². The highest BCUT2D eigenvalue weighted by Gasteiger charge is 2.27. The molecule has 1 heterocycles. The molecule has 1 fully saturated rings. The summed E-state index contributed by atoms with van der Waals surface area (Å²) in [7, 11) is 2.02. The molecule has 0 radical (unpaired) electrons. The molecule has 1 atom stereocenters. The minimum Gasteiger partial charge on any atom is -0.311 e. The number of fused-ring (bicyclic) bond motifs is 1. The Labute approximate surface area is 84.5 Å². The first kappa shape index (κ1) is 8.48. The van der Waals surface area contributed by atoms with Crippen LogP contribution >= 0.6 is 0 Å². The summed E-state index contributed by atoms with van der Waals surface area (Å²) in [6, 6.07) is 1.54. The second-order valence-corrected chi connectivity index (χ2v) is 4.66. The van der Waals surface area contributed by atoms with Gasteiger partial charge in [0, 0.05) is 25.3 Å². The predicted octanol–water partition coefficient (Wildman–Crippen LogP) is 1.03. The molecule has 0 spiro atoms. The van der Waals surface area contributed by atoms with Gasteiger partial charge in [0.15, 0.2) is 0 Å². The van der Waals surface area contributed by atoms with Gasteiger partial charge in [-0.1, -0.05) is 0 Å². The molecular weight excluding hydrogens is 174 g/mol. The average molecular weight is 191 g/mol. The molecule has 0 aliphatic heterocycles. The summed E-state index contributed by atoms with van der Waals surface area (Å²) in [4.78, 5) is 0. The Hall–Kier alpha value is -0.830. The molecule has 0 aromatic carbocycles. The fourth-order valence-electron chi connectivity index (χ4n) is 2.37. The van der Waals surface area contributed by atoms with Gasteiger partial charge in [0.2, 0.25) is 0 Å². The van der Waals surface area contributed by atoms with E-state index in [0.29, 0.717) is 6.04 Å². The third-order valence-electron chi connectivity index (χ3n) is 3.24. The molecule has 1 aromatic heterocycles. The Balaban J connectivity index is 1.71. The van der Waals surface area contributed by atoms with Crippen molar-refractivity contribution in [2.24, 2.45) is 7.05 Å². The van der Waals surface area contributed by atoms with Gasteiger partial charge in [-0.15, -0.1) is 0 Å². The summed E-state index contributed by atoms with van der Waals surface area (Å²) in [6.45, 7) is 0. The van der Waals surface area contributed by atoms with E-state index in [0.717, 1.165) is 12.5 Å². The Bertz CT molecular complexity index is 338. The first-order valence-electron chi connectivity index (χ1n) is 5.59. The highest BCUT2D eigenvalue weighted by molar-refractivity contribution is 5.22. The fourth-order valence-corrected chi connectivity index (χ4v) is 2.37. The van der Waals surface area contributed by atoms with E-state index in [1.54, 1.807) is 0 Å². The standard InChI is InChI=1S/C11H17N3/c1-14-7-8-6-10(12-9-2-3-9)4-5-11(8)13-14/h7,9-10,12H,2-6H2,1H3. The van der Waals surface area contributed by atoms with Crippen LogP contribution in [0.5, 0.6) is 0 Å². The monoisotopic (exact) mass is 191 g/mol. The quantitative estimate of drug-likeness (QED) is 0.756. The van der Waals surface area contributed by atoms with E-state index in [2.05, 4.69) is 16.6 Å². The zero-order valence-electron chi connectivity index (χ0n) is 8.66. The van der Waals surface area contributed by atoms with E-state index in [1.165, 1.54) is 36.9 Å². The van der Waals surface area contributed by atoms with Gasteiger partial charge in [0.1, 0.15) is 0 Å². The number of nitrogens with zero attached hydrogens (tertiary/aromatic N) is 2. The zero-order valence-corrected chi connectivity index (χ0v) is 8.66. The van der Waals surface area contributed by atoms with Gasteiger partial charge in [0.25, 0.3) is 0 Å². The van der Waals surface area contributed by atoms with Gasteiger partial charge in [-0.2, -0.15) is 5.10 Å². The van der Waals surface area contributed by atoms with Crippen LogP contribution in [-0.4, -0.2) is 21.9 Å². The summed E-state index contributed by atoms with van der Waals surface area (Å²) in [6.07, 6.45) is 8.55. The lowest BCUT2D eigenvalue weighted by molar-refractivity contribution is 0.453.